The lowest BCUT2D eigenvalue weighted by atomic mass is 10.2. The van der Waals surface area contributed by atoms with E-state index in [4.69, 9.17) is 16.3 Å². The lowest BCUT2D eigenvalue weighted by Crippen LogP contribution is -1.96. The summed E-state index contributed by atoms with van der Waals surface area (Å²) < 4.78 is 18.5. The topological polar surface area (TPSA) is 42.4 Å². The summed E-state index contributed by atoms with van der Waals surface area (Å²) in [6.07, 6.45) is 0.724. The molecule has 0 spiro atoms. The van der Waals surface area contributed by atoms with Gasteiger partial charge in [-0.25, -0.2) is 9.37 Å². The van der Waals surface area contributed by atoms with Gasteiger partial charge in [-0.1, -0.05) is 18.5 Å². The van der Waals surface area contributed by atoms with Crippen molar-refractivity contribution in [1.29, 1.82) is 0 Å². The number of pyridine rings is 1. The molecule has 0 unspecified atom stereocenters. The van der Waals surface area contributed by atoms with Crippen LogP contribution in [-0.4, -0.2) is 10.1 Å². The highest BCUT2D eigenvalue weighted by Gasteiger charge is 2.07. The number of aromatic nitrogens is 1. The molecule has 1 heterocycles. The van der Waals surface area contributed by atoms with E-state index >= 15 is 0 Å². The van der Waals surface area contributed by atoms with Crippen molar-refractivity contribution in [3.63, 3.8) is 0 Å². The first-order chi connectivity index (χ1) is 9.12. The maximum atomic E-state index is 12.9. The average molecular weight is 282 g/mol. The first-order valence-corrected chi connectivity index (χ1v) is 6.23. The second-order valence-corrected chi connectivity index (χ2v) is 4.40. The number of nitrogens with zero attached hydrogens (tertiary/aromatic N) is 1. The molecule has 0 radical (unpaired) electrons. The highest BCUT2D eigenvalue weighted by molar-refractivity contribution is 6.32. The van der Waals surface area contributed by atoms with Crippen LogP contribution in [0, 0.1) is 5.82 Å². The van der Waals surface area contributed by atoms with Gasteiger partial charge in [-0.3, -0.25) is 0 Å². The average Bonchev–Trinajstić information content (AvgIpc) is 2.41. The van der Waals surface area contributed by atoms with E-state index in [1.54, 1.807) is 12.1 Å². The van der Waals surface area contributed by atoms with Crippen LogP contribution in [0.2, 0.25) is 5.02 Å². The third-order valence-electron chi connectivity index (χ3n) is 2.57. The van der Waals surface area contributed by atoms with E-state index in [0.29, 0.717) is 17.2 Å². The van der Waals surface area contributed by atoms with E-state index in [9.17, 15) is 9.50 Å². The predicted molar refractivity (Wildman–Crippen MR) is 71.0 cm³/mol. The van der Waals surface area contributed by atoms with Gasteiger partial charge in [0, 0.05) is 11.8 Å². The summed E-state index contributed by atoms with van der Waals surface area (Å²) in [4.78, 5) is 4.27. The second-order valence-electron chi connectivity index (χ2n) is 3.99. The molecular weight excluding hydrogens is 269 g/mol. The molecule has 0 fully saturated rings. The minimum atomic E-state index is -0.427. The van der Waals surface area contributed by atoms with Gasteiger partial charge >= 0.3 is 0 Å². The Bertz CT molecular complexity index is 567. The minimum Gasteiger partial charge on any atom is -0.437 e. The molecule has 0 saturated heterocycles. The van der Waals surface area contributed by atoms with Crippen LogP contribution in [0.1, 0.15) is 18.2 Å². The Kier molecular flexibility index (Phi) is 4.35. The molecule has 2 rings (SSSR count). The summed E-state index contributed by atoms with van der Waals surface area (Å²) in [5.41, 5.74) is 1.51. The van der Waals surface area contributed by atoms with Crippen LogP contribution in [0.3, 0.4) is 0 Å². The van der Waals surface area contributed by atoms with E-state index in [1.807, 2.05) is 6.92 Å². The molecule has 100 valence electrons. The van der Waals surface area contributed by atoms with Crippen LogP contribution < -0.4 is 4.74 Å². The van der Waals surface area contributed by atoms with Crippen molar-refractivity contribution >= 4 is 11.6 Å². The number of hydrogen-bond acceptors (Lipinski definition) is 3. The smallest absolute Gasteiger partial charge is 0.219 e. The van der Waals surface area contributed by atoms with Crippen LogP contribution >= 0.6 is 11.6 Å². The van der Waals surface area contributed by atoms with Gasteiger partial charge in [-0.05, 0) is 36.2 Å². The number of halogens is 2. The zero-order valence-corrected chi connectivity index (χ0v) is 11.1. The monoisotopic (exact) mass is 281 g/mol. The quantitative estimate of drug-likeness (QED) is 0.929. The molecule has 5 heteroatoms. The van der Waals surface area contributed by atoms with Gasteiger partial charge in [0.25, 0.3) is 0 Å². The summed E-state index contributed by atoms with van der Waals surface area (Å²) in [6.45, 7) is 1.86. The largest absolute Gasteiger partial charge is 0.437 e. The number of benzene rings is 1. The molecule has 0 saturated carbocycles. The number of aryl methyl sites for hydroxylation is 1. The molecular formula is C14H13ClFNO2. The summed E-state index contributed by atoms with van der Waals surface area (Å²) in [5.74, 6) is 0.230. The van der Waals surface area contributed by atoms with Gasteiger partial charge in [-0.15, -0.1) is 0 Å². The van der Waals surface area contributed by atoms with Crippen molar-refractivity contribution in [2.24, 2.45) is 0 Å². The van der Waals surface area contributed by atoms with Crippen molar-refractivity contribution in [3.8, 4) is 11.6 Å². The van der Waals surface area contributed by atoms with Crippen molar-refractivity contribution in [2.45, 2.75) is 20.0 Å². The molecule has 0 aliphatic rings. The van der Waals surface area contributed by atoms with Crippen molar-refractivity contribution in [2.75, 3.05) is 0 Å². The standard InChI is InChI=1S/C14H13ClFNO2/c1-2-11-5-9(8-18)6-14(17-11)19-13-4-3-10(16)7-12(13)15/h3-7,18H,2,8H2,1H3. The van der Waals surface area contributed by atoms with Crippen LogP contribution in [0.15, 0.2) is 30.3 Å². The highest BCUT2D eigenvalue weighted by Crippen LogP contribution is 2.29. The lowest BCUT2D eigenvalue weighted by Gasteiger charge is -2.09. The Morgan fingerprint density at radius 1 is 1.32 bits per heavy atom. The van der Waals surface area contributed by atoms with Crippen LogP contribution in [0.5, 0.6) is 11.6 Å². The number of aliphatic hydroxyl groups is 1. The Hall–Kier alpha value is -1.65. The maximum absolute atomic E-state index is 12.9. The van der Waals surface area contributed by atoms with Crippen molar-refractivity contribution in [1.82, 2.24) is 4.98 Å². The lowest BCUT2D eigenvalue weighted by molar-refractivity contribution is 0.281. The molecule has 0 atom stereocenters. The molecule has 0 bridgehead atoms. The maximum Gasteiger partial charge on any atom is 0.219 e. The molecule has 3 nitrogen and oxygen atoms in total. The number of hydrogen-bond donors (Lipinski definition) is 1. The van der Waals surface area contributed by atoms with Crippen molar-refractivity contribution in [3.05, 3.63) is 52.4 Å². The molecule has 2 aromatic rings. The normalized spacial score (nSPS) is 10.5. The Morgan fingerprint density at radius 2 is 2.11 bits per heavy atom. The molecule has 0 aliphatic heterocycles. The fourth-order valence-corrected chi connectivity index (χ4v) is 1.82. The fourth-order valence-electron chi connectivity index (χ4n) is 1.62. The molecule has 19 heavy (non-hydrogen) atoms. The SMILES string of the molecule is CCc1cc(CO)cc(Oc2ccc(F)cc2Cl)n1. The number of rotatable bonds is 4. The molecule has 1 aromatic heterocycles. The van der Waals surface area contributed by atoms with Gasteiger partial charge in [0.05, 0.1) is 11.6 Å². The molecule has 1 N–H and O–H groups in total. The van der Waals surface area contributed by atoms with Gasteiger partial charge in [0.1, 0.15) is 11.6 Å². The van der Waals surface area contributed by atoms with Crippen LogP contribution in [-0.2, 0) is 13.0 Å². The predicted octanol–water partition coefficient (Wildman–Crippen LogP) is 3.72. The first-order valence-electron chi connectivity index (χ1n) is 5.86. The van der Waals surface area contributed by atoms with E-state index in [1.165, 1.54) is 18.2 Å². The summed E-state index contributed by atoms with van der Waals surface area (Å²) in [6, 6.07) is 7.31. The Balaban J connectivity index is 2.31. The summed E-state index contributed by atoms with van der Waals surface area (Å²) >= 11 is 5.88. The molecule has 1 aromatic carbocycles. The first kappa shape index (κ1) is 13.8. The number of aliphatic hydroxyl groups excluding tert-OH is 1. The van der Waals surface area contributed by atoms with Gasteiger partial charge in [-0.2, -0.15) is 0 Å². The van der Waals surface area contributed by atoms with E-state index in [0.717, 1.165) is 12.1 Å². The fraction of sp³-hybridized carbons (Fsp3) is 0.214. The van der Waals surface area contributed by atoms with Crippen LogP contribution in [0.25, 0.3) is 0 Å². The highest BCUT2D eigenvalue weighted by atomic mass is 35.5. The van der Waals surface area contributed by atoms with Crippen molar-refractivity contribution < 1.29 is 14.2 Å². The second kappa shape index (κ2) is 5.99. The molecule has 0 aliphatic carbocycles. The molecule has 0 amide bonds. The minimum absolute atomic E-state index is 0.0942. The Labute approximate surface area is 115 Å². The zero-order valence-electron chi connectivity index (χ0n) is 10.4. The van der Waals surface area contributed by atoms with Gasteiger partial charge in [0.15, 0.2) is 0 Å². The number of ether oxygens (including phenoxy) is 1. The van der Waals surface area contributed by atoms with Gasteiger partial charge < -0.3 is 9.84 Å². The zero-order chi connectivity index (χ0) is 13.8. The third-order valence-corrected chi connectivity index (χ3v) is 2.86. The van der Waals surface area contributed by atoms with E-state index < -0.39 is 5.82 Å². The van der Waals surface area contributed by atoms with E-state index in [2.05, 4.69) is 4.98 Å². The third kappa shape index (κ3) is 3.43. The van der Waals surface area contributed by atoms with E-state index in [-0.39, 0.29) is 11.6 Å². The summed E-state index contributed by atoms with van der Waals surface area (Å²) in [5, 5.41) is 9.36. The van der Waals surface area contributed by atoms with Crippen LogP contribution in [0.4, 0.5) is 4.39 Å². The summed E-state index contributed by atoms with van der Waals surface area (Å²) in [7, 11) is 0. The Morgan fingerprint density at radius 3 is 2.74 bits per heavy atom. The van der Waals surface area contributed by atoms with Gasteiger partial charge in [0.2, 0.25) is 5.88 Å².